The minimum absolute atomic E-state index is 0. The lowest BCUT2D eigenvalue weighted by atomic mass is 9.79. The zero-order valence-electron chi connectivity index (χ0n) is 15.0. The second-order valence-corrected chi connectivity index (χ2v) is 6.70. The Bertz CT molecular complexity index is 775. The van der Waals surface area contributed by atoms with Gasteiger partial charge >= 0.3 is 5.76 Å². The Morgan fingerprint density at radius 3 is 2.81 bits per heavy atom. The zero-order valence-corrected chi connectivity index (χ0v) is 15.8. The Labute approximate surface area is 158 Å². The summed E-state index contributed by atoms with van der Waals surface area (Å²) in [6, 6.07) is 7.23. The maximum atomic E-state index is 12.3. The molecule has 1 aromatic carbocycles. The van der Waals surface area contributed by atoms with E-state index in [2.05, 4.69) is 10.6 Å². The van der Waals surface area contributed by atoms with Crippen LogP contribution < -0.4 is 16.4 Å². The van der Waals surface area contributed by atoms with Crippen molar-refractivity contribution < 1.29 is 13.9 Å². The number of nitrogens with zero attached hydrogens (tertiary/aromatic N) is 1. The van der Waals surface area contributed by atoms with Gasteiger partial charge in [-0.25, -0.2) is 4.79 Å². The quantitative estimate of drug-likeness (QED) is 0.757. The Hall–Kier alpha value is -1.83. The molecule has 2 aromatic rings. The van der Waals surface area contributed by atoms with Crippen molar-refractivity contribution >= 4 is 29.4 Å². The summed E-state index contributed by atoms with van der Waals surface area (Å²) >= 11 is 0. The number of piperidine rings is 1. The Balaban J connectivity index is 0.00000243. The lowest BCUT2D eigenvalue weighted by Crippen LogP contribution is -2.47. The average Bonchev–Trinajstić information content (AvgIpc) is 2.94. The number of ether oxygens (including phenoxy) is 1. The van der Waals surface area contributed by atoms with Crippen LogP contribution in [0.1, 0.15) is 19.3 Å². The second-order valence-electron chi connectivity index (χ2n) is 6.70. The van der Waals surface area contributed by atoms with Crippen molar-refractivity contribution in [1.29, 1.82) is 0 Å². The molecule has 3 rings (SSSR count). The Morgan fingerprint density at radius 2 is 2.08 bits per heavy atom. The number of rotatable bonds is 7. The predicted molar refractivity (Wildman–Crippen MR) is 102 cm³/mol. The van der Waals surface area contributed by atoms with Gasteiger partial charge in [0, 0.05) is 32.0 Å². The molecule has 0 atom stereocenters. The summed E-state index contributed by atoms with van der Waals surface area (Å²) in [6.07, 6.45) is 2.20. The smallest absolute Gasteiger partial charge is 0.408 e. The van der Waals surface area contributed by atoms with Crippen molar-refractivity contribution in [2.45, 2.75) is 25.8 Å². The molecule has 8 heteroatoms. The van der Waals surface area contributed by atoms with Crippen LogP contribution in [0.25, 0.3) is 11.1 Å². The number of nitrogens with one attached hydrogen (secondary N) is 2. The summed E-state index contributed by atoms with van der Waals surface area (Å²) in [6.45, 7) is 3.43. The number of fused-ring (bicyclic) bond motifs is 1. The molecule has 0 unspecified atom stereocenters. The van der Waals surface area contributed by atoms with E-state index in [0.717, 1.165) is 31.4 Å². The third-order valence-electron chi connectivity index (χ3n) is 4.91. The van der Waals surface area contributed by atoms with Crippen molar-refractivity contribution in [3.05, 3.63) is 34.8 Å². The highest BCUT2D eigenvalue weighted by molar-refractivity contribution is 5.85. The molecule has 2 heterocycles. The monoisotopic (exact) mass is 383 g/mol. The number of hydrogen-bond acceptors (Lipinski definition) is 5. The highest BCUT2D eigenvalue weighted by Crippen LogP contribution is 2.28. The van der Waals surface area contributed by atoms with Crippen LogP contribution in [0, 0.1) is 5.41 Å². The normalized spacial score (nSPS) is 16.2. The molecule has 0 spiro atoms. The number of aryl methyl sites for hydroxylation is 1. The minimum Gasteiger partial charge on any atom is -0.408 e. The molecule has 1 saturated heterocycles. The highest BCUT2D eigenvalue weighted by Gasteiger charge is 2.32. The molecule has 1 amide bonds. The number of hydrogen-bond donors (Lipinski definition) is 2. The van der Waals surface area contributed by atoms with Crippen LogP contribution in [0.5, 0.6) is 0 Å². The Morgan fingerprint density at radius 1 is 1.35 bits per heavy atom. The van der Waals surface area contributed by atoms with Gasteiger partial charge in [0.2, 0.25) is 5.91 Å². The molecule has 0 aliphatic carbocycles. The van der Waals surface area contributed by atoms with Gasteiger partial charge in [0.15, 0.2) is 5.58 Å². The molecule has 1 fully saturated rings. The fourth-order valence-corrected chi connectivity index (χ4v) is 3.45. The summed E-state index contributed by atoms with van der Waals surface area (Å²) < 4.78 is 12.1. The summed E-state index contributed by atoms with van der Waals surface area (Å²) in [5.74, 6) is -0.491. The van der Waals surface area contributed by atoms with Crippen molar-refractivity contribution in [2.75, 3.05) is 33.4 Å². The summed E-state index contributed by atoms with van der Waals surface area (Å²) in [7, 11) is 1.70. The number of carbonyl (C=O) groups excluding carboxylic acids is 1. The third-order valence-corrected chi connectivity index (χ3v) is 4.91. The topological polar surface area (TPSA) is 85.5 Å². The van der Waals surface area contributed by atoms with Gasteiger partial charge in [-0.3, -0.25) is 9.36 Å². The van der Waals surface area contributed by atoms with Crippen molar-refractivity contribution in [3.8, 4) is 0 Å². The van der Waals surface area contributed by atoms with Crippen LogP contribution in [0.15, 0.2) is 33.5 Å². The van der Waals surface area contributed by atoms with E-state index < -0.39 is 5.76 Å². The first kappa shape index (κ1) is 20.5. The number of halogens is 1. The van der Waals surface area contributed by atoms with Gasteiger partial charge in [0.05, 0.1) is 12.1 Å². The molecule has 1 aromatic heterocycles. The first-order valence-electron chi connectivity index (χ1n) is 8.68. The number of methoxy groups -OCH3 is 1. The molecule has 0 radical (unpaired) electrons. The maximum Gasteiger partial charge on any atom is 0.419 e. The van der Waals surface area contributed by atoms with Gasteiger partial charge in [0.1, 0.15) is 0 Å². The number of aromatic nitrogens is 1. The maximum absolute atomic E-state index is 12.3. The summed E-state index contributed by atoms with van der Waals surface area (Å²) in [4.78, 5) is 24.2. The summed E-state index contributed by atoms with van der Waals surface area (Å²) in [5.41, 5.74) is 1.26. The van der Waals surface area contributed by atoms with E-state index in [0.29, 0.717) is 25.3 Å². The van der Waals surface area contributed by atoms with Gasteiger partial charge in [-0.15, -0.1) is 12.4 Å². The number of para-hydroxylation sites is 2. The van der Waals surface area contributed by atoms with E-state index in [4.69, 9.17) is 9.15 Å². The van der Waals surface area contributed by atoms with Crippen LogP contribution in [-0.4, -0.2) is 43.8 Å². The lowest BCUT2D eigenvalue weighted by Gasteiger charge is -2.37. The third kappa shape index (κ3) is 4.66. The van der Waals surface area contributed by atoms with E-state index in [9.17, 15) is 9.59 Å². The van der Waals surface area contributed by atoms with E-state index in [-0.39, 0.29) is 30.2 Å². The van der Waals surface area contributed by atoms with Crippen LogP contribution in [0.2, 0.25) is 0 Å². The van der Waals surface area contributed by atoms with E-state index >= 15 is 0 Å². The summed E-state index contributed by atoms with van der Waals surface area (Å²) in [5, 5.41) is 6.35. The zero-order chi connectivity index (χ0) is 17.7. The first-order valence-corrected chi connectivity index (χ1v) is 8.68. The fourth-order valence-electron chi connectivity index (χ4n) is 3.45. The molecule has 144 valence electrons. The first-order chi connectivity index (χ1) is 12.1. The minimum atomic E-state index is -0.428. The number of amides is 1. The van der Waals surface area contributed by atoms with E-state index in [1.165, 1.54) is 4.57 Å². The van der Waals surface area contributed by atoms with E-state index in [1.54, 1.807) is 13.2 Å². The highest BCUT2D eigenvalue weighted by atomic mass is 35.5. The molecular weight excluding hydrogens is 358 g/mol. The largest absolute Gasteiger partial charge is 0.419 e. The van der Waals surface area contributed by atoms with Gasteiger partial charge in [-0.2, -0.15) is 0 Å². The number of benzene rings is 1. The SMILES string of the molecule is COCC1(CNC(=O)CCn2c(=O)oc3ccccc32)CCNCC1.Cl. The van der Waals surface area contributed by atoms with Crippen LogP contribution in [0.4, 0.5) is 0 Å². The predicted octanol–water partition coefficient (Wildman–Crippen LogP) is 1.54. The average molecular weight is 384 g/mol. The van der Waals surface area contributed by atoms with Crippen molar-refractivity contribution in [1.82, 2.24) is 15.2 Å². The van der Waals surface area contributed by atoms with Crippen LogP contribution >= 0.6 is 12.4 Å². The second kappa shape index (κ2) is 9.21. The molecular formula is C18H26ClN3O4. The fraction of sp³-hybridized carbons (Fsp3) is 0.556. The molecule has 2 N–H and O–H groups in total. The molecule has 7 nitrogen and oxygen atoms in total. The molecule has 1 aliphatic heterocycles. The molecule has 26 heavy (non-hydrogen) atoms. The number of carbonyl (C=O) groups is 1. The standard InChI is InChI=1S/C18H25N3O4.ClH/c1-24-13-18(7-9-19-10-8-18)12-20-16(22)6-11-21-14-4-2-3-5-15(14)25-17(21)23;/h2-5,19H,6-13H2,1H3,(H,20,22);1H. The van der Waals surface area contributed by atoms with Crippen LogP contribution in [-0.2, 0) is 16.1 Å². The molecule has 0 bridgehead atoms. The Kier molecular flexibility index (Phi) is 7.25. The van der Waals surface area contributed by atoms with Gasteiger partial charge in [-0.05, 0) is 38.1 Å². The lowest BCUT2D eigenvalue weighted by molar-refractivity contribution is -0.122. The van der Waals surface area contributed by atoms with Crippen molar-refractivity contribution in [2.24, 2.45) is 5.41 Å². The van der Waals surface area contributed by atoms with Crippen LogP contribution in [0.3, 0.4) is 0 Å². The van der Waals surface area contributed by atoms with Gasteiger partial charge in [-0.1, -0.05) is 12.1 Å². The van der Waals surface area contributed by atoms with Crippen molar-refractivity contribution in [3.63, 3.8) is 0 Å². The molecule has 0 saturated carbocycles. The van der Waals surface area contributed by atoms with Gasteiger partial charge < -0.3 is 19.8 Å². The number of oxazole rings is 1. The van der Waals surface area contributed by atoms with Gasteiger partial charge in [0.25, 0.3) is 0 Å². The molecule has 1 aliphatic rings. The van der Waals surface area contributed by atoms with E-state index in [1.807, 2.05) is 18.2 Å².